The summed E-state index contributed by atoms with van der Waals surface area (Å²) >= 11 is 3.79. The number of thiophene rings is 1. The Hall–Kier alpha value is -4.31. The lowest BCUT2D eigenvalue weighted by Gasteiger charge is -2.49. The number of fused-ring (bicyclic) bond motifs is 9. The van der Waals surface area contributed by atoms with Crippen molar-refractivity contribution in [2.24, 2.45) is 0 Å². The molecule has 0 aliphatic carbocycles. The molecule has 41 heavy (non-hydrogen) atoms. The number of anilines is 2. The molecule has 0 bridgehead atoms. The highest BCUT2D eigenvalue weighted by atomic mass is 32.2. The zero-order valence-electron chi connectivity index (χ0n) is 22.7. The minimum absolute atomic E-state index is 0.447. The highest BCUT2D eigenvalue weighted by Gasteiger charge is 2.50. The normalized spacial score (nSPS) is 17.7. The molecule has 1 nitrogen and oxygen atoms in total. The summed E-state index contributed by atoms with van der Waals surface area (Å²) in [7, 11) is 0. The van der Waals surface area contributed by atoms with Crippen LogP contribution in [0.4, 0.5) is 11.4 Å². The van der Waals surface area contributed by atoms with Gasteiger partial charge in [0.1, 0.15) is 0 Å². The first-order valence-electron chi connectivity index (χ1n) is 13.9. The second-order valence-electron chi connectivity index (χ2n) is 10.6. The summed E-state index contributed by atoms with van der Waals surface area (Å²) in [5, 5.41) is 2.67. The van der Waals surface area contributed by atoms with E-state index < -0.39 is 5.41 Å². The third kappa shape index (κ3) is 3.43. The van der Waals surface area contributed by atoms with Gasteiger partial charge in [0.15, 0.2) is 0 Å². The fourth-order valence-electron chi connectivity index (χ4n) is 6.84. The van der Waals surface area contributed by atoms with Crippen molar-refractivity contribution in [2.75, 3.05) is 4.90 Å². The van der Waals surface area contributed by atoms with Gasteiger partial charge >= 0.3 is 0 Å². The third-order valence-corrected chi connectivity index (χ3v) is 10.8. The highest BCUT2D eigenvalue weighted by molar-refractivity contribution is 7.99. The Balaban J connectivity index is 1.55. The molecular formula is C38H27NS2. The molecule has 0 N–H and O–H groups in total. The van der Waals surface area contributed by atoms with Gasteiger partial charge in [0, 0.05) is 41.3 Å². The van der Waals surface area contributed by atoms with E-state index in [0.717, 1.165) is 5.69 Å². The number of allylic oxidation sites excluding steroid dienone is 4. The second-order valence-corrected chi connectivity index (χ2v) is 12.8. The lowest BCUT2D eigenvalue weighted by molar-refractivity contribution is 0.665. The maximum Gasteiger partial charge on any atom is 0.0724 e. The van der Waals surface area contributed by atoms with Crippen LogP contribution in [0.1, 0.15) is 23.6 Å². The van der Waals surface area contributed by atoms with Crippen LogP contribution in [0.15, 0.2) is 161 Å². The molecule has 6 aromatic rings. The SMILES string of the molecule is C=C/C=C\C1=C(C)C2(c3ccccc3Sc3cc4sc5ccccc5c4cc32)c2ccccc2N1c1ccccc1. The van der Waals surface area contributed by atoms with Crippen LogP contribution in [0.25, 0.3) is 20.2 Å². The number of hydrogen-bond acceptors (Lipinski definition) is 3. The summed E-state index contributed by atoms with van der Waals surface area (Å²) in [5.74, 6) is 0. The lowest BCUT2D eigenvalue weighted by Crippen LogP contribution is -2.41. The second kappa shape index (κ2) is 9.37. The molecule has 0 radical (unpaired) electrons. The molecule has 1 spiro atoms. The summed E-state index contributed by atoms with van der Waals surface area (Å²) in [6.07, 6.45) is 6.17. The maximum atomic E-state index is 4.02. The Morgan fingerprint density at radius 2 is 1.41 bits per heavy atom. The largest absolute Gasteiger partial charge is 0.310 e. The molecule has 1 aromatic heterocycles. The van der Waals surface area contributed by atoms with E-state index in [1.54, 1.807) is 0 Å². The number of benzene rings is 5. The van der Waals surface area contributed by atoms with E-state index in [4.69, 9.17) is 0 Å². The van der Waals surface area contributed by atoms with Gasteiger partial charge < -0.3 is 4.90 Å². The summed E-state index contributed by atoms with van der Waals surface area (Å²) < 4.78 is 2.68. The van der Waals surface area contributed by atoms with Crippen LogP contribution in [0.5, 0.6) is 0 Å². The number of rotatable bonds is 3. The van der Waals surface area contributed by atoms with E-state index >= 15 is 0 Å². The van der Waals surface area contributed by atoms with E-state index in [9.17, 15) is 0 Å². The van der Waals surface area contributed by atoms with Crippen molar-refractivity contribution in [3.8, 4) is 0 Å². The van der Waals surface area contributed by atoms with E-state index in [2.05, 4.69) is 146 Å². The standard InChI is InChI=1S/C38H27NS2/c1-3-4-19-32-25(2)38(29-17-9-11-20-33(29)39(32)26-14-6-5-7-15-26)30-18-10-13-22-35(30)41-37-24-36-28(23-31(37)38)27-16-8-12-21-34(27)40-36/h3-24H,1H2,2H3/b19-4-. The minimum atomic E-state index is -0.447. The molecule has 8 rings (SSSR count). The van der Waals surface area contributed by atoms with Gasteiger partial charge in [-0.2, -0.15) is 0 Å². The van der Waals surface area contributed by atoms with Crippen LogP contribution in [-0.4, -0.2) is 0 Å². The molecule has 1 atom stereocenters. The zero-order valence-corrected chi connectivity index (χ0v) is 24.3. The van der Waals surface area contributed by atoms with Gasteiger partial charge in [-0.05, 0) is 77.7 Å². The first-order valence-corrected chi connectivity index (χ1v) is 15.5. The van der Waals surface area contributed by atoms with Gasteiger partial charge in [-0.25, -0.2) is 0 Å². The summed E-state index contributed by atoms with van der Waals surface area (Å²) in [5.41, 5.74) is 8.41. The molecular weight excluding hydrogens is 535 g/mol. The Bertz CT molecular complexity index is 2060. The van der Waals surface area contributed by atoms with E-state index in [1.807, 2.05) is 29.2 Å². The lowest BCUT2D eigenvalue weighted by atomic mass is 9.62. The summed E-state index contributed by atoms with van der Waals surface area (Å²) in [6, 6.07) is 42.5. The molecule has 0 fully saturated rings. The molecule has 2 aliphatic heterocycles. The number of hydrogen-bond donors (Lipinski definition) is 0. The smallest absolute Gasteiger partial charge is 0.0724 e. The number of nitrogens with zero attached hydrogens (tertiary/aromatic N) is 1. The molecule has 196 valence electrons. The fourth-order valence-corrected chi connectivity index (χ4v) is 9.26. The Morgan fingerprint density at radius 3 is 2.27 bits per heavy atom. The fraction of sp³-hybridized carbons (Fsp3) is 0.0526. The van der Waals surface area contributed by atoms with E-state index in [-0.39, 0.29) is 0 Å². The van der Waals surface area contributed by atoms with Crippen molar-refractivity contribution in [3.05, 3.63) is 168 Å². The minimum Gasteiger partial charge on any atom is -0.310 e. The average molecular weight is 562 g/mol. The predicted octanol–water partition coefficient (Wildman–Crippen LogP) is 11.0. The average Bonchev–Trinajstić information content (AvgIpc) is 3.38. The molecule has 0 saturated heterocycles. The van der Waals surface area contributed by atoms with Crippen molar-refractivity contribution >= 4 is 54.6 Å². The zero-order chi connectivity index (χ0) is 27.6. The molecule has 3 heterocycles. The first kappa shape index (κ1) is 24.5. The van der Waals surface area contributed by atoms with Gasteiger partial charge in [0.25, 0.3) is 0 Å². The van der Waals surface area contributed by atoms with Crippen molar-refractivity contribution in [1.82, 2.24) is 0 Å². The van der Waals surface area contributed by atoms with Crippen molar-refractivity contribution in [1.29, 1.82) is 0 Å². The van der Waals surface area contributed by atoms with Crippen molar-refractivity contribution < 1.29 is 0 Å². The maximum absolute atomic E-state index is 4.02. The Kier molecular flexibility index (Phi) is 5.60. The first-order chi connectivity index (χ1) is 20.2. The van der Waals surface area contributed by atoms with Crippen LogP contribution in [-0.2, 0) is 5.41 Å². The van der Waals surface area contributed by atoms with Crippen molar-refractivity contribution in [2.45, 2.75) is 22.1 Å². The molecule has 2 aliphatic rings. The van der Waals surface area contributed by atoms with E-state index in [0.29, 0.717) is 0 Å². The summed E-state index contributed by atoms with van der Waals surface area (Å²) in [4.78, 5) is 5.06. The topological polar surface area (TPSA) is 3.24 Å². The third-order valence-electron chi connectivity index (χ3n) is 8.54. The van der Waals surface area contributed by atoms with Crippen LogP contribution in [0.2, 0.25) is 0 Å². The quantitative estimate of drug-likeness (QED) is 0.198. The molecule has 0 amide bonds. The monoisotopic (exact) mass is 561 g/mol. The molecule has 1 unspecified atom stereocenters. The van der Waals surface area contributed by atoms with Crippen LogP contribution < -0.4 is 4.90 Å². The van der Waals surface area contributed by atoms with Crippen LogP contribution >= 0.6 is 23.1 Å². The van der Waals surface area contributed by atoms with Gasteiger partial charge in [-0.15, -0.1) is 11.3 Å². The number of para-hydroxylation sites is 2. The highest BCUT2D eigenvalue weighted by Crippen LogP contribution is 2.62. The Morgan fingerprint density at radius 1 is 0.683 bits per heavy atom. The molecule has 3 heteroatoms. The van der Waals surface area contributed by atoms with Gasteiger partial charge in [-0.3, -0.25) is 0 Å². The summed E-state index contributed by atoms with van der Waals surface area (Å²) in [6.45, 7) is 6.35. The van der Waals surface area contributed by atoms with Crippen molar-refractivity contribution in [3.63, 3.8) is 0 Å². The van der Waals surface area contributed by atoms with Crippen LogP contribution in [0, 0.1) is 0 Å². The van der Waals surface area contributed by atoms with Gasteiger partial charge in [-0.1, -0.05) is 103 Å². The van der Waals surface area contributed by atoms with Gasteiger partial charge in [0.2, 0.25) is 0 Å². The molecule has 5 aromatic carbocycles. The molecule has 0 saturated carbocycles. The Labute approximate surface area is 248 Å². The van der Waals surface area contributed by atoms with E-state index in [1.165, 1.54) is 63.6 Å². The predicted molar refractivity (Wildman–Crippen MR) is 177 cm³/mol. The van der Waals surface area contributed by atoms with Gasteiger partial charge in [0.05, 0.1) is 11.1 Å². The van der Waals surface area contributed by atoms with Crippen LogP contribution in [0.3, 0.4) is 0 Å².